The number of ether oxygens (including phenoxy) is 1. The van der Waals surface area contributed by atoms with E-state index >= 15 is 0 Å². The standard InChI is InChI=1S/C28H25N3O4/c32-26-17-23-9-5-4-8-22(23)16-25(26)28(34)31-30-18-21-10-12-24(13-11-21)35-19-27(33)29-15-14-20-6-2-1-3-7-20/h1-13,16-18,32H,14-15,19H2,(H,29,33)(H,31,34)/b30-18-. The monoisotopic (exact) mass is 467 g/mol. The fourth-order valence-electron chi connectivity index (χ4n) is 3.48. The van der Waals surface area contributed by atoms with Gasteiger partial charge in [0.15, 0.2) is 6.61 Å². The third kappa shape index (κ3) is 6.68. The fourth-order valence-corrected chi connectivity index (χ4v) is 3.48. The number of aromatic hydroxyl groups is 1. The van der Waals surface area contributed by atoms with Crippen LogP contribution in [0.4, 0.5) is 0 Å². The van der Waals surface area contributed by atoms with Gasteiger partial charge >= 0.3 is 0 Å². The topological polar surface area (TPSA) is 100 Å². The highest BCUT2D eigenvalue weighted by Crippen LogP contribution is 2.24. The Kier molecular flexibility index (Phi) is 7.70. The van der Waals surface area contributed by atoms with Crippen LogP contribution in [-0.2, 0) is 11.2 Å². The Morgan fingerprint density at radius 1 is 0.886 bits per heavy atom. The van der Waals surface area contributed by atoms with Crippen molar-refractivity contribution in [3.63, 3.8) is 0 Å². The molecule has 0 saturated carbocycles. The largest absolute Gasteiger partial charge is 0.507 e. The van der Waals surface area contributed by atoms with Crippen LogP contribution in [0.2, 0.25) is 0 Å². The number of amides is 2. The summed E-state index contributed by atoms with van der Waals surface area (Å²) in [5, 5.41) is 18.6. The van der Waals surface area contributed by atoms with Gasteiger partial charge in [-0.05, 0) is 64.7 Å². The van der Waals surface area contributed by atoms with E-state index in [1.165, 1.54) is 6.21 Å². The molecule has 35 heavy (non-hydrogen) atoms. The fraction of sp³-hybridized carbons (Fsp3) is 0.107. The van der Waals surface area contributed by atoms with Crippen LogP contribution in [0, 0.1) is 0 Å². The summed E-state index contributed by atoms with van der Waals surface area (Å²) in [5.41, 5.74) is 4.46. The number of carbonyl (C=O) groups is 2. The first-order valence-electron chi connectivity index (χ1n) is 11.2. The SMILES string of the molecule is O=C(COc1ccc(/C=N\NC(=O)c2cc3ccccc3cc2O)cc1)NCCc1ccccc1. The Bertz CT molecular complexity index is 1340. The summed E-state index contributed by atoms with van der Waals surface area (Å²) < 4.78 is 5.52. The molecule has 0 aliphatic rings. The first kappa shape index (κ1) is 23.5. The molecule has 0 saturated heterocycles. The molecule has 7 nitrogen and oxygen atoms in total. The minimum Gasteiger partial charge on any atom is -0.507 e. The van der Waals surface area contributed by atoms with Gasteiger partial charge in [-0.15, -0.1) is 0 Å². The van der Waals surface area contributed by atoms with E-state index in [1.807, 2.05) is 54.6 Å². The second-order valence-electron chi connectivity index (χ2n) is 7.86. The highest BCUT2D eigenvalue weighted by atomic mass is 16.5. The molecule has 2 amide bonds. The number of phenols is 1. The Hall–Kier alpha value is -4.65. The molecule has 0 aliphatic carbocycles. The van der Waals surface area contributed by atoms with Gasteiger partial charge < -0.3 is 15.2 Å². The van der Waals surface area contributed by atoms with E-state index in [2.05, 4.69) is 15.8 Å². The van der Waals surface area contributed by atoms with Crippen LogP contribution in [0.1, 0.15) is 21.5 Å². The zero-order chi connectivity index (χ0) is 24.5. The second kappa shape index (κ2) is 11.5. The van der Waals surface area contributed by atoms with Crippen molar-refractivity contribution in [2.24, 2.45) is 5.10 Å². The molecule has 0 heterocycles. The highest BCUT2D eigenvalue weighted by molar-refractivity contribution is 6.01. The van der Waals surface area contributed by atoms with E-state index in [1.54, 1.807) is 36.4 Å². The van der Waals surface area contributed by atoms with Crippen molar-refractivity contribution in [3.8, 4) is 11.5 Å². The highest BCUT2D eigenvalue weighted by Gasteiger charge is 2.11. The number of hydrogen-bond acceptors (Lipinski definition) is 5. The van der Waals surface area contributed by atoms with Gasteiger partial charge in [0.1, 0.15) is 11.5 Å². The Morgan fingerprint density at radius 3 is 2.31 bits per heavy atom. The molecule has 0 spiro atoms. The quantitative estimate of drug-likeness (QED) is 0.255. The number of nitrogens with zero attached hydrogens (tertiary/aromatic N) is 1. The molecule has 0 unspecified atom stereocenters. The Balaban J connectivity index is 1.23. The van der Waals surface area contributed by atoms with Crippen molar-refractivity contribution in [2.45, 2.75) is 6.42 Å². The third-order valence-electron chi connectivity index (χ3n) is 5.32. The van der Waals surface area contributed by atoms with Crippen LogP contribution in [0.15, 0.2) is 96.1 Å². The molecule has 4 rings (SSSR count). The molecule has 0 fully saturated rings. The molecular weight excluding hydrogens is 442 g/mol. The predicted molar refractivity (Wildman–Crippen MR) is 136 cm³/mol. The van der Waals surface area contributed by atoms with Crippen molar-refractivity contribution in [1.82, 2.24) is 10.7 Å². The Morgan fingerprint density at radius 2 is 1.57 bits per heavy atom. The number of hydrogen-bond donors (Lipinski definition) is 3. The minimum atomic E-state index is -0.511. The summed E-state index contributed by atoms with van der Waals surface area (Å²) >= 11 is 0. The predicted octanol–water partition coefficient (Wildman–Crippen LogP) is 4.05. The molecular formula is C28H25N3O4. The van der Waals surface area contributed by atoms with Gasteiger partial charge in [-0.2, -0.15) is 5.10 Å². The maximum absolute atomic E-state index is 12.4. The number of fused-ring (bicyclic) bond motifs is 1. The molecule has 3 N–H and O–H groups in total. The van der Waals surface area contributed by atoms with E-state index in [0.29, 0.717) is 12.3 Å². The summed E-state index contributed by atoms with van der Waals surface area (Å²) in [6.07, 6.45) is 2.24. The summed E-state index contributed by atoms with van der Waals surface area (Å²) in [7, 11) is 0. The maximum atomic E-state index is 12.4. The molecule has 0 bridgehead atoms. The van der Waals surface area contributed by atoms with Gasteiger partial charge in [-0.25, -0.2) is 5.43 Å². The average molecular weight is 468 g/mol. The number of benzene rings is 4. The van der Waals surface area contributed by atoms with Gasteiger partial charge in [0.05, 0.1) is 11.8 Å². The van der Waals surface area contributed by atoms with Crippen molar-refractivity contribution in [1.29, 1.82) is 0 Å². The lowest BCUT2D eigenvalue weighted by molar-refractivity contribution is -0.123. The van der Waals surface area contributed by atoms with E-state index in [9.17, 15) is 14.7 Å². The van der Waals surface area contributed by atoms with Gasteiger partial charge in [0.2, 0.25) is 0 Å². The van der Waals surface area contributed by atoms with Crippen molar-refractivity contribution >= 4 is 28.8 Å². The molecule has 176 valence electrons. The van der Waals surface area contributed by atoms with Crippen molar-refractivity contribution in [3.05, 3.63) is 108 Å². The zero-order valence-corrected chi connectivity index (χ0v) is 19.0. The summed E-state index contributed by atoms with van der Waals surface area (Å²) in [6.45, 7) is 0.470. The minimum absolute atomic E-state index is 0.0759. The normalized spacial score (nSPS) is 10.9. The lowest BCUT2D eigenvalue weighted by Crippen LogP contribution is -2.30. The lowest BCUT2D eigenvalue weighted by Gasteiger charge is -2.08. The smallest absolute Gasteiger partial charge is 0.275 e. The van der Waals surface area contributed by atoms with Crippen LogP contribution < -0.4 is 15.5 Å². The van der Waals surface area contributed by atoms with Crippen LogP contribution in [-0.4, -0.2) is 36.3 Å². The first-order valence-corrected chi connectivity index (χ1v) is 11.2. The number of hydrazone groups is 1. The number of phenolic OH excluding ortho intramolecular Hbond substituents is 1. The van der Waals surface area contributed by atoms with Crippen molar-refractivity contribution in [2.75, 3.05) is 13.2 Å². The van der Waals surface area contributed by atoms with E-state index in [4.69, 9.17) is 4.74 Å². The molecule has 0 aliphatic heterocycles. The number of nitrogens with one attached hydrogen (secondary N) is 2. The second-order valence-corrected chi connectivity index (χ2v) is 7.86. The maximum Gasteiger partial charge on any atom is 0.275 e. The van der Waals surface area contributed by atoms with Gasteiger partial charge in [0.25, 0.3) is 11.8 Å². The summed E-state index contributed by atoms with van der Waals surface area (Å²) in [6, 6.07) is 27.5. The molecule has 0 aromatic heterocycles. The van der Waals surface area contributed by atoms with Crippen molar-refractivity contribution < 1.29 is 19.4 Å². The lowest BCUT2D eigenvalue weighted by atomic mass is 10.1. The van der Waals surface area contributed by atoms with Crippen LogP contribution in [0.3, 0.4) is 0 Å². The van der Waals surface area contributed by atoms with Crippen LogP contribution >= 0.6 is 0 Å². The molecule has 4 aromatic carbocycles. The van der Waals surface area contributed by atoms with Crippen LogP contribution in [0.25, 0.3) is 10.8 Å². The Labute approximate surface area is 203 Å². The van der Waals surface area contributed by atoms with Gasteiger partial charge in [-0.1, -0.05) is 54.6 Å². The number of carbonyl (C=O) groups excluding carboxylic acids is 2. The van der Waals surface area contributed by atoms with Gasteiger partial charge in [0, 0.05) is 6.54 Å². The van der Waals surface area contributed by atoms with E-state index in [-0.39, 0.29) is 23.8 Å². The zero-order valence-electron chi connectivity index (χ0n) is 19.0. The first-order chi connectivity index (χ1) is 17.1. The van der Waals surface area contributed by atoms with E-state index in [0.717, 1.165) is 28.3 Å². The average Bonchev–Trinajstić information content (AvgIpc) is 2.88. The van der Waals surface area contributed by atoms with Gasteiger partial charge in [-0.3, -0.25) is 9.59 Å². The molecule has 0 atom stereocenters. The summed E-state index contributed by atoms with van der Waals surface area (Å²) in [5.74, 6) is -0.263. The summed E-state index contributed by atoms with van der Waals surface area (Å²) in [4.78, 5) is 24.4. The van der Waals surface area contributed by atoms with E-state index < -0.39 is 5.91 Å². The molecule has 7 heteroatoms. The van der Waals surface area contributed by atoms with Crippen LogP contribution in [0.5, 0.6) is 11.5 Å². The third-order valence-corrected chi connectivity index (χ3v) is 5.32. The molecule has 0 radical (unpaired) electrons. The number of rotatable bonds is 9. The molecule has 4 aromatic rings.